The van der Waals surface area contributed by atoms with Crippen LogP contribution in [-0.2, 0) is 28.6 Å². The van der Waals surface area contributed by atoms with E-state index in [0.29, 0.717) is 19.3 Å². The highest BCUT2D eigenvalue weighted by Crippen LogP contribution is 2.15. The Bertz CT molecular complexity index is 1420. The number of carbonyl (C=O) groups is 3. The molecule has 0 aliphatic rings. The fourth-order valence-corrected chi connectivity index (χ4v) is 6.83. The summed E-state index contributed by atoms with van der Waals surface area (Å²) < 4.78 is 16.7. The molecular weight excluding hydrogens is 817 g/mol. The van der Waals surface area contributed by atoms with Gasteiger partial charge < -0.3 is 14.2 Å². The summed E-state index contributed by atoms with van der Waals surface area (Å²) in [6, 6.07) is 0. The molecule has 0 aromatic carbocycles. The van der Waals surface area contributed by atoms with Crippen molar-refractivity contribution < 1.29 is 28.6 Å². The van der Waals surface area contributed by atoms with Crippen LogP contribution in [0.1, 0.15) is 220 Å². The maximum atomic E-state index is 12.8. The van der Waals surface area contributed by atoms with Gasteiger partial charge in [-0.1, -0.05) is 239 Å². The van der Waals surface area contributed by atoms with Crippen molar-refractivity contribution in [2.75, 3.05) is 13.2 Å². The van der Waals surface area contributed by atoms with Crippen molar-refractivity contribution in [1.82, 2.24) is 0 Å². The minimum absolute atomic E-state index is 0.132. The third-order valence-corrected chi connectivity index (χ3v) is 10.7. The molecule has 1 unspecified atom stereocenters. The molecule has 0 aliphatic carbocycles. The molecule has 0 aromatic rings. The summed E-state index contributed by atoms with van der Waals surface area (Å²) in [5, 5.41) is 0. The quantitative estimate of drug-likeness (QED) is 0.0262. The minimum Gasteiger partial charge on any atom is -0.462 e. The Kier molecular flexibility index (Phi) is 50.0. The van der Waals surface area contributed by atoms with E-state index in [-0.39, 0.29) is 38.0 Å². The van der Waals surface area contributed by atoms with E-state index in [9.17, 15) is 14.4 Å². The maximum Gasteiger partial charge on any atom is 0.306 e. The normalized spacial score (nSPS) is 13.1. The molecule has 0 rings (SSSR count). The molecule has 0 spiro atoms. The van der Waals surface area contributed by atoms with E-state index in [0.717, 1.165) is 83.5 Å². The van der Waals surface area contributed by atoms with Crippen LogP contribution < -0.4 is 0 Å². The van der Waals surface area contributed by atoms with Gasteiger partial charge in [-0.05, 0) is 83.5 Å². The van der Waals surface area contributed by atoms with Crippen molar-refractivity contribution in [2.24, 2.45) is 0 Å². The molecule has 0 N–H and O–H groups in total. The number of esters is 3. The van der Waals surface area contributed by atoms with Crippen LogP contribution in [0.15, 0.2) is 122 Å². The van der Waals surface area contributed by atoms with Gasteiger partial charge in [0.05, 0.1) is 0 Å². The highest BCUT2D eigenvalue weighted by molar-refractivity contribution is 5.71. The first-order chi connectivity index (χ1) is 32.5. The number of hydrogen-bond acceptors (Lipinski definition) is 6. The highest BCUT2D eigenvalue weighted by Gasteiger charge is 2.19. The number of unbranched alkanes of at least 4 members (excludes halogenated alkanes) is 15. The summed E-state index contributed by atoms with van der Waals surface area (Å²) in [7, 11) is 0. The topological polar surface area (TPSA) is 78.9 Å². The Balaban J connectivity index is 4.60. The fraction of sp³-hybridized carbons (Fsp3) is 0.617. The molecule has 6 heteroatoms. The Hall–Kier alpha value is -4.19. The Morgan fingerprint density at radius 1 is 0.318 bits per heavy atom. The monoisotopic (exact) mass is 913 g/mol. The average Bonchev–Trinajstić information content (AvgIpc) is 3.31. The molecule has 1 atom stereocenters. The van der Waals surface area contributed by atoms with E-state index in [1.54, 1.807) is 0 Å². The van der Waals surface area contributed by atoms with Crippen molar-refractivity contribution in [3.05, 3.63) is 122 Å². The summed E-state index contributed by atoms with van der Waals surface area (Å²) in [5.41, 5.74) is 0. The van der Waals surface area contributed by atoms with Crippen molar-refractivity contribution in [2.45, 2.75) is 226 Å². The standard InChI is InChI=1S/C60H96O6/c1-4-7-10-13-16-19-22-25-28-31-34-37-40-43-46-49-52-58(61)64-55-57(66-60(63)54-51-48-45-42-39-36-33-30-27-24-21-18-15-12-9-6-3)56-65-59(62)53-50-47-44-41-38-35-32-29-26-23-20-17-14-11-8-5-2/h7,9-10,12,16,18-19,21,25,27-28,30,34,36-37,39,43,45-46,48,57H,4-6,8,11,13-15,17,20,22-24,26,29,31-33,35,38,40-42,44,47,49-56H2,1-3H3/b10-7-,12-9-,19-16-,21-18-,28-25-,30-27-,37-34-,39-36-,46-43-,48-45-. The second-order valence-electron chi connectivity index (χ2n) is 17.0. The van der Waals surface area contributed by atoms with Gasteiger partial charge in [0.2, 0.25) is 0 Å². The molecule has 0 aliphatic heterocycles. The lowest BCUT2D eigenvalue weighted by Crippen LogP contribution is -2.30. The highest BCUT2D eigenvalue weighted by atomic mass is 16.6. The SMILES string of the molecule is CC/C=C\C/C=C\C/C=C\C/C=C\C/C=C\CCC(=O)OCC(COC(=O)CCCCCCCCCCCCCCCCCC)OC(=O)CC/C=C\C/C=C\C/C=C\C/C=C\C/C=C\CC. The van der Waals surface area contributed by atoms with Crippen molar-refractivity contribution in [3.8, 4) is 0 Å². The molecular formula is C60H96O6. The Morgan fingerprint density at radius 2 is 0.591 bits per heavy atom. The summed E-state index contributed by atoms with van der Waals surface area (Å²) in [6.07, 6.45) is 73.5. The van der Waals surface area contributed by atoms with Crippen molar-refractivity contribution in [3.63, 3.8) is 0 Å². The van der Waals surface area contributed by atoms with Crippen LogP contribution in [0.5, 0.6) is 0 Å². The zero-order valence-electron chi connectivity index (χ0n) is 42.4. The maximum absolute atomic E-state index is 12.8. The molecule has 66 heavy (non-hydrogen) atoms. The largest absolute Gasteiger partial charge is 0.462 e. The molecule has 0 radical (unpaired) electrons. The van der Waals surface area contributed by atoms with Crippen molar-refractivity contribution in [1.29, 1.82) is 0 Å². The third kappa shape index (κ3) is 50.8. The predicted molar refractivity (Wildman–Crippen MR) is 283 cm³/mol. The van der Waals surface area contributed by atoms with Crippen LogP contribution >= 0.6 is 0 Å². The number of ether oxygens (including phenoxy) is 3. The first-order valence-corrected chi connectivity index (χ1v) is 26.5. The van der Waals surface area contributed by atoms with Crippen LogP contribution in [-0.4, -0.2) is 37.2 Å². The number of rotatable bonds is 46. The van der Waals surface area contributed by atoms with E-state index in [4.69, 9.17) is 14.2 Å². The van der Waals surface area contributed by atoms with Gasteiger partial charge in [-0.25, -0.2) is 0 Å². The summed E-state index contributed by atoms with van der Waals surface area (Å²) in [6.45, 7) is 6.28. The second kappa shape index (κ2) is 53.4. The zero-order valence-corrected chi connectivity index (χ0v) is 42.4. The Morgan fingerprint density at radius 3 is 0.924 bits per heavy atom. The van der Waals surface area contributed by atoms with Gasteiger partial charge in [0, 0.05) is 19.3 Å². The lowest BCUT2D eigenvalue weighted by Gasteiger charge is -2.18. The average molecular weight is 913 g/mol. The third-order valence-electron chi connectivity index (χ3n) is 10.7. The van der Waals surface area contributed by atoms with Crippen LogP contribution in [0, 0.1) is 0 Å². The van der Waals surface area contributed by atoms with Gasteiger partial charge in [-0.15, -0.1) is 0 Å². The number of hydrogen-bond donors (Lipinski definition) is 0. The lowest BCUT2D eigenvalue weighted by molar-refractivity contribution is -0.166. The van der Waals surface area contributed by atoms with E-state index < -0.39 is 12.1 Å². The van der Waals surface area contributed by atoms with E-state index >= 15 is 0 Å². The van der Waals surface area contributed by atoms with Crippen LogP contribution in [0.3, 0.4) is 0 Å². The summed E-state index contributed by atoms with van der Waals surface area (Å²) in [5.74, 6) is -1.11. The number of allylic oxidation sites excluding steroid dienone is 20. The fourth-order valence-electron chi connectivity index (χ4n) is 6.83. The molecule has 6 nitrogen and oxygen atoms in total. The van der Waals surface area contributed by atoms with Crippen LogP contribution in [0.25, 0.3) is 0 Å². The van der Waals surface area contributed by atoms with Gasteiger partial charge >= 0.3 is 17.9 Å². The Labute approximate surface area is 405 Å². The predicted octanol–water partition coefficient (Wildman–Crippen LogP) is 17.7. The van der Waals surface area contributed by atoms with Crippen molar-refractivity contribution >= 4 is 17.9 Å². The van der Waals surface area contributed by atoms with E-state index in [1.165, 1.54) is 83.5 Å². The summed E-state index contributed by atoms with van der Waals surface area (Å²) >= 11 is 0. The molecule has 0 saturated heterocycles. The first-order valence-electron chi connectivity index (χ1n) is 26.5. The number of carbonyl (C=O) groups excluding carboxylic acids is 3. The lowest BCUT2D eigenvalue weighted by atomic mass is 10.0. The second-order valence-corrected chi connectivity index (χ2v) is 17.0. The van der Waals surface area contributed by atoms with E-state index in [1.807, 2.05) is 24.3 Å². The van der Waals surface area contributed by atoms with E-state index in [2.05, 4.69) is 118 Å². The van der Waals surface area contributed by atoms with Gasteiger partial charge in [0.25, 0.3) is 0 Å². The molecule has 0 heterocycles. The molecule has 0 bridgehead atoms. The van der Waals surface area contributed by atoms with Crippen LogP contribution in [0.4, 0.5) is 0 Å². The van der Waals surface area contributed by atoms with Gasteiger partial charge in [0.15, 0.2) is 6.10 Å². The molecule has 0 aromatic heterocycles. The summed E-state index contributed by atoms with van der Waals surface area (Å²) in [4.78, 5) is 38.0. The zero-order chi connectivity index (χ0) is 47.9. The van der Waals surface area contributed by atoms with Crippen LogP contribution in [0.2, 0.25) is 0 Å². The molecule has 372 valence electrons. The van der Waals surface area contributed by atoms with Gasteiger partial charge in [0.1, 0.15) is 13.2 Å². The van der Waals surface area contributed by atoms with Gasteiger partial charge in [-0.2, -0.15) is 0 Å². The first kappa shape index (κ1) is 61.8. The van der Waals surface area contributed by atoms with Gasteiger partial charge in [-0.3, -0.25) is 14.4 Å². The minimum atomic E-state index is -0.849. The molecule has 0 saturated carbocycles. The molecule has 0 fully saturated rings. The smallest absolute Gasteiger partial charge is 0.306 e. The molecule has 0 amide bonds.